The predicted molar refractivity (Wildman–Crippen MR) is 36.3 cm³/mol. The van der Waals surface area contributed by atoms with Crippen molar-refractivity contribution in [2.45, 2.75) is 13.2 Å². The molecule has 2 N–H and O–H groups in total. The monoisotopic (exact) mass is 148 g/mol. The molecule has 0 rings (SSSR count). The van der Waals surface area contributed by atoms with Crippen LogP contribution in [-0.2, 0) is 4.74 Å². The number of hydrogen-bond donors (Lipinski definition) is 2. The summed E-state index contributed by atoms with van der Waals surface area (Å²) in [5.41, 5.74) is 5.00. The van der Waals surface area contributed by atoms with Crippen LogP contribution in [0.25, 0.3) is 0 Å². The van der Waals surface area contributed by atoms with E-state index in [0.29, 0.717) is 0 Å². The third-order valence-corrected chi connectivity index (χ3v) is 1.000. The van der Waals surface area contributed by atoms with Crippen LogP contribution < -0.4 is 11.0 Å². The summed E-state index contributed by atoms with van der Waals surface area (Å²) in [7, 11) is 3.11. The first kappa shape index (κ1) is 9.28. The van der Waals surface area contributed by atoms with Crippen molar-refractivity contribution in [3.05, 3.63) is 4.91 Å². The van der Waals surface area contributed by atoms with E-state index < -0.39 is 0 Å². The Hall–Kier alpha value is -0.720. The highest BCUT2D eigenvalue weighted by Crippen LogP contribution is 1.93. The number of hydrazine groups is 2. The molecule has 0 aromatic carbocycles. The molecule has 0 radical (unpaired) electrons. The van der Waals surface area contributed by atoms with Gasteiger partial charge in [-0.3, -0.25) is 0 Å². The molecule has 0 amide bonds. The number of nitroso groups, excluding NO2 is 1. The summed E-state index contributed by atoms with van der Waals surface area (Å²) in [5.74, 6) is 0. The maximum absolute atomic E-state index is 9.99. The van der Waals surface area contributed by atoms with E-state index in [1.165, 1.54) is 7.11 Å². The fourth-order valence-corrected chi connectivity index (χ4v) is 0.392. The van der Waals surface area contributed by atoms with Crippen LogP contribution in [0.4, 0.5) is 0 Å². The molecule has 0 aliphatic heterocycles. The minimum Gasteiger partial charge on any atom is -0.359 e. The number of rotatable bonds is 5. The van der Waals surface area contributed by atoms with E-state index in [4.69, 9.17) is 4.74 Å². The van der Waals surface area contributed by atoms with E-state index in [-0.39, 0.29) is 6.23 Å². The Morgan fingerprint density at radius 3 is 2.60 bits per heavy atom. The molecule has 1 atom stereocenters. The van der Waals surface area contributed by atoms with Gasteiger partial charge in [0.1, 0.15) is 0 Å². The van der Waals surface area contributed by atoms with Crippen LogP contribution in [0.15, 0.2) is 5.29 Å². The van der Waals surface area contributed by atoms with Crippen LogP contribution >= 0.6 is 0 Å². The topological polar surface area (TPSA) is 66.0 Å². The number of hydrogen-bond acceptors (Lipinski definition) is 5. The predicted octanol–water partition coefficient (Wildman–Crippen LogP) is -0.399. The Morgan fingerprint density at radius 2 is 2.30 bits per heavy atom. The highest BCUT2D eigenvalue weighted by molar-refractivity contribution is 4.41. The van der Waals surface area contributed by atoms with Crippen molar-refractivity contribution in [3.63, 3.8) is 0 Å². The van der Waals surface area contributed by atoms with E-state index >= 15 is 0 Å². The second-order valence-electron chi connectivity index (χ2n) is 1.62. The van der Waals surface area contributed by atoms with Gasteiger partial charge in [-0.05, 0) is 6.92 Å². The molecule has 0 bridgehead atoms. The first-order chi connectivity index (χ1) is 4.76. The maximum Gasteiger partial charge on any atom is 0.163 e. The second kappa shape index (κ2) is 5.10. The Labute approximate surface area is 59.4 Å². The molecular weight excluding hydrogens is 136 g/mol. The molecule has 0 heterocycles. The lowest BCUT2D eigenvalue weighted by Gasteiger charge is -2.20. The molecule has 0 spiro atoms. The highest BCUT2D eigenvalue weighted by Gasteiger charge is 2.09. The van der Waals surface area contributed by atoms with Gasteiger partial charge in [-0.1, -0.05) is 0 Å². The van der Waals surface area contributed by atoms with Crippen molar-refractivity contribution in [3.8, 4) is 0 Å². The number of nitrogens with zero attached hydrogens (tertiary/aromatic N) is 2. The molecule has 0 aromatic rings. The summed E-state index contributed by atoms with van der Waals surface area (Å²) < 4.78 is 4.79. The zero-order valence-electron chi connectivity index (χ0n) is 6.29. The van der Waals surface area contributed by atoms with E-state index in [9.17, 15) is 4.91 Å². The summed E-state index contributed by atoms with van der Waals surface area (Å²) >= 11 is 0. The summed E-state index contributed by atoms with van der Waals surface area (Å²) in [6.45, 7) is 1.69. The van der Waals surface area contributed by atoms with Gasteiger partial charge in [-0.25, -0.2) is 5.43 Å². The van der Waals surface area contributed by atoms with E-state index in [2.05, 4.69) is 16.2 Å². The van der Waals surface area contributed by atoms with Gasteiger partial charge in [-0.2, -0.15) is 5.12 Å². The van der Waals surface area contributed by atoms with E-state index in [1.807, 2.05) is 0 Å². The van der Waals surface area contributed by atoms with Crippen LogP contribution in [0, 0.1) is 4.91 Å². The smallest absolute Gasteiger partial charge is 0.163 e. The highest BCUT2D eigenvalue weighted by atomic mass is 16.5. The van der Waals surface area contributed by atoms with Crippen molar-refractivity contribution in [1.82, 2.24) is 16.1 Å². The normalized spacial score (nSPS) is 12.7. The third kappa shape index (κ3) is 2.72. The first-order valence-corrected chi connectivity index (χ1v) is 2.84. The number of ether oxygens (including phenoxy) is 1. The standard InChI is InChI=1S/C4H12N4O2/c1-4(10-3)8(7-9)6-5-2/h4-6H,1-3H3. The molecule has 1 unspecified atom stereocenters. The van der Waals surface area contributed by atoms with Gasteiger partial charge in [0.05, 0.1) is 5.29 Å². The molecule has 0 saturated heterocycles. The Kier molecular flexibility index (Phi) is 4.73. The summed E-state index contributed by atoms with van der Waals surface area (Å²) in [6.07, 6.45) is -0.384. The third-order valence-electron chi connectivity index (χ3n) is 1.000. The average molecular weight is 148 g/mol. The zero-order chi connectivity index (χ0) is 7.98. The quantitative estimate of drug-likeness (QED) is 0.315. The van der Waals surface area contributed by atoms with Gasteiger partial charge >= 0.3 is 0 Å². The van der Waals surface area contributed by atoms with E-state index in [1.54, 1.807) is 14.0 Å². The largest absolute Gasteiger partial charge is 0.359 e. The van der Waals surface area contributed by atoms with Crippen LogP contribution in [0.1, 0.15) is 6.92 Å². The van der Waals surface area contributed by atoms with Crippen molar-refractivity contribution >= 4 is 0 Å². The lowest BCUT2D eigenvalue weighted by atomic mass is 10.7. The van der Waals surface area contributed by atoms with Gasteiger partial charge < -0.3 is 4.74 Å². The fourth-order valence-electron chi connectivity index (χ4n) is 0.392. The molecule has 0 aromatic heterocycles. The molecule has 0 aliphatic carbocycles. The SMILES string of the molecule is CNNN(N=O)C(C)OC. The second-order valence-corrected chi connectivity index (χ2v) is 1.62. The Balaban J connectivity index is 3.67. The van der Waals surface area contributed by atoms with Crippen molar-refractivity contribution < 1.29 is 4.74 Å². The molecule has 6 nitrogen and oxygen atoms in total. The maximum atomic E-state index is 9.99. The minimum absolute atomic E-state index is 0.384. The summed E-state index contributed by atoms with van der Waals surface area (Å²) in [5, 5.41) is 3.65. The van der Waals surface area contributed by atoms with Crippen LogP contribution in [-0.4, -0.2) is 25.5 Å². The van der Waals surface area contributed by atoms with Gasteiger partial charge in [-0.15, -0.1) is 10.4 Å². The number of nitrogens with one attached hydrogen (secondary N) is 2. The molecule has 0 saturated carbocycles. The zero-order valence-corrected chi connectivity index (χ0v) is 6.29. The van der Waals surface area contributed by atoms with Crippen molar-refractivity contribution in [2.75, 3.05) is 14.2 Å². The van der Waals surface area contributed by atoms with Crippen molar-refractivity contribution in [2.24, 2.45) is 5.29 Å². The van der Waals surface area contributed by atoms with Gasteiger partial charge in [0.15, 0.2) is 6.23 Å². The Morgan fingerprint density at radius 1 is 1.70 bits per heavy atom. The fraction of sp³-hybridized carbons (Fsp3) is 1.00. The Bertz CT molecular complexity index is 99.3. The molecule has 0 fully saturated rings. The average Bonchev–Trinajstić information content (AvgIpc) is 1.99. The summed E-state index contributed by atoms with van der Waals surface area (Å²) in [6, 6.07) is 0. The first-order valence-electron chi connectivity index (χ1n) is 2.84. The molecule has 6 heteroatoms. The lowest BCUT2D eigenvalue weighted by molar-refractivity contribution is -0.0584. The van der Waals surface area contributed by atoms with Crippen molar-refractivity contribution in [1.29, 1.82) is 0 Å². The molecular formula is C4H12N4O2. The van der Waals surface area contributed by atoms with Crippen LogP contribution in [0.2, 0.25) is 0 Å². The lowest BCUT2D eigenvalue weighted by Crippen LogP contribution is -2.46. The minimum atomic E-state index is -0.384. The van der Waals surface area contributed by atoms with Gasteiger partial charge in [0, 0.05) is 14.2 Å². The van der Waals surface area contributed by atoms with Gasteiger partial charge in [0.2, 0.25) is 0 Å². The summed E-state index contributed by atoms with van der Waals surface area (Å²) in [4.78, 5) is 9.99. The number of methoxy groups -OCH3 is 1. The molecule has 60 valence electrons. The van der Waals surface area contributed by atoms with Gasteiger partial charge in [0.25, 0.3) is 0 Å². The van der Waals surface area contributed by atoms with Crippen LogP contribution in [0.5, 0.6) is 0 Å². The molecule has 0 aliphatic rings. The van der Waals surface area contributed by atoms with E-state index in [0.717, 1.165) is 5.12 Å². The molecule has 10 heavy (non-hydrogen) atoms. The van der Waals surface area contributed by atoms with Crippen LogP contribution in [0.3, 0.4) is 0 Å².